The molecule has 17 heavy (non-hydrogen) atoms. The number of carbonyl (C=O) groups is 2. The van der Waals surface area contributed by atoms with E-state index >= 15 is 0 Å². The number of aliphatic carboxylic acids is 1. The number of allylic oxidation sites excluding steroid dienone is 1. The Hall–Kier alpha value is -1.52. The molecule has 0 aromatic heterocycles. The van der Waals surface area contributed by atoms with Crippen molar-refractivity contribution in [3.63, 3.8) is 0 Å². The molecule has 0 heterocycles. The molecule has 98 valence electrons. The molecular formula is C12H21NO4. The van der Waals surface area contributed by atoms with Crippen LogP contribution in [0.2, 0.25) is 0 Å². The zero-order valence-corrected chi connectivity index (χ0v) is 10.8. The van der Waals surface area contributed by atoms with E-state index in [0.29, 0.717) is 18.7 Å². The fourth-order valence-corrected chi connectivity index (χ4v) is 1.37. The molecule has 0 aliphatic carbocycles. The number of hydrogen-bond acceptors (Lipinski definition) is 4. The lowest BCUT2D eigenvalue weighted by Crippen LogP contribution is -2.36. The second-order valence-corrected chi connectivity index (χ2v) is 4.24. The molecule has 0 rings (SSSR count). The van der Waals surface area contributed by atoms with Crippen molar-refractivity contribution >= 4 is 11.9 Å². The predicted molar refractivity (Wildman–Crippen MR) is 64.4 cm³/mol. The lowest BCUT2D eigenvalue weighted by atomic mass is 10.0. The first-order valence-electron chi connectivity index (χ1n) is 5.71. The number of carboxylic acids is 1. The Bertz CT molecular complexity index is 297. The summed E-state index contributed by atoms with van der Waals surface area (Å²) in [7, 11) is 0. The highest BCUT2D eigenvalue weighted by Crippen LogP contribution is 2.06. The Morgan fingerprint density at radius 2 is 2.00 bits per heavy atom. The highest BCUT2D eigenvalue weighted by molar-refractivity contribution is 5.82. The van der Waals surface area contributed by atoms with Crippen molar-refractivity contribution in [1.82, 2.24) is 5.32 Å². The SMILES string of the molecule is CCOC(=O)/C=C(\C)N[C@@H](CC(C)C)C(=O)O. The van der Waals surface area contributed by atoms with E-state index in [0.717, 1.165) is 0 Å². The number of carboxylic acid groups (broad SMARTS) is 1. The lowest BCUT2D eigenvalue weighted by Gasteiger charge is -2.17. The summed E-state index contributed by atoms with van der Waals surface area (Å²) < 4.78 is 4.73. The monoisotopic (exact) mass is 243 g/mol. The third kappa shape index (κ3) is 7.38. The maximum Gasteiger partial charge on any atom is 0.332 e. The molecule has 0 aromatic rings. The number of ether oxygens (including phenoxy) is 1. The van der Waals surface area contributed by atoms with Crippen molar-refractivity contribution < 1.29 is 19.4 Å². The standard InChI is InChI=1S/C12H21NO4/c1-5-17-11(14)7-9(4)13-10(12(15)16)6-8(2)3/h7-8,10,13H,5-6H2,1-4H3,(H,15,16)/b9-7+/t10-/m0/s1. The molecule has 0 amide bonds. The summed E-state index contributed by atoms with van der Waals surface area (Å²) in [4.78, 5) is 22.1. The van der Waals surface area contributed by atoms with Crippen LogP contribution in [0.4, 0.5) is 0 Å². The molecule has 0 unspecified atom stereocenters. The Balaban J connectivity index is 4.44. The summed E-state index contributed by atoms with van der Waals surface area (Å²) in [6, 6.07) is -0.680. The molecule has 0 bridgehead atoms. The molecule has 0 spiro atoms. The van der Waals surface area contributed by atoms with Crippen LogP contribution in [0.25, 0.3) is 0 Å². The average Bonchev–Trinajstić information content (AvgIpc) is 2.15. The summed E-state index contributed by atoms with van der Waals surface area (Å²) in [6.45, 7) is 7.56. The minimum atomic E-state index is -0.921. The first-order valence-corrected chi connectivity index (χ1v) is 5.71. The van der Waals surface area contributed by atoms with Gasteiger partial charge in [-0.05, 0) is 26.2 Å². The third-order valence-electron chi connectivity index (χ3n) is 2.03. The molecule has 0 radical (unpaired) electrons. The topological polar surface area (TPSA) is 75.6 Å². The van der Waals surface area contributed by atoms with Crippen LogP contribution >= 0.6 is 0 Å². The van der Waals surface area contributed by atoms with E-state index in [1.165, 1.54) is 6.08 Å². The van der Waals surface area contributed by atoms with Crippen molar-refractivity contribution in [2.75, 3.05) is 6.61 Å². The fraction of sp³-hybridized carbons (Fsp3) is 0.667. The lowest BCUT2D eigenvalue weighted by molar-refractivity contribution is -0.140. The average molecular weight is 243 g/mol. The molecule has 2 N–H and O–H groups in total. The van der Waals surface area contributed by atoms with E-state index in [1.807, 2.05) is 13.8 Å². The van der Waals surface area contributed by atoms with Crippen molar-refractivity contribution in [1.29, 1.82) is 0 Å². The highest BCUT2D eigenvalue weighted by Gasteiger charge is 2.18. The van der Waals surface area contributed by atoms with Gasteiger partial charge >= 0.3 is 11.9 Å². The van der Waals surface area contributed by atoms with E-state index in [4.69, 9.17) is 9.84 Å². The number of carbonyl (C=O) groups excluding carboxylic acids is 1. The van der Waals surface area contributed by atoms with Crippen molar-refractivity contribution in [3.8, 4) is 0 Å². The van der Waals surface area contributed by atoms with E-state index in [2.05, 4.69) is 5.32 Å². The molecule has 5 nitrogen and oxygen atoms in total. The second kappa shape index (κ2) is 7.70. The van der Waals surface area contributed by atoms with Crippen molar-refractivity contribution in [2.45, 2.75) is 40.2 Å². The van der Waals surface area contributed by atoms with E-state index in [-0.39, 0.29) is 5.92 Å². The molecule has 0 aromatic carbocycles. The Kier molecular flexibility index (Phi) is 7.02. The summed E-state index contributed by atoms with van der Waals surface area (Å²) >= 11 is 0. The summed E-state index contributed by atoms with van der Waals surface area (Å²) in [5, 5.41) is 11.8. The molecule has 0 aliphatic rings. The van der Waals surface area contributed by atoms with Crippen LogP contribution in [-0.4, -0.2) is 29.7 Å². The summed E-state index contributed by atoms with van der Waals surface area (Å²) in [6.07, 6.45) is 1.77. The van der Waals surface area contributed by atoms with Gasteiger partial charge in [0.05, 0.1) is 6.61 Å². The predicted octanol–water partition coefficient (Wildman–Crippen LogP) is 1.54. The molecule has 0 fully saturated rings. The smallest absolute Gasteiger partial charge is 0.332 e. The normalized spacial score (nSPS) is 13.4. The van der Waals surface area contributed by atoms with Gasteiger partial charge in [-0.2, -0.15) is 0 Å². The second-order valence-electron chi connectivity index (χ2n) is 4.24. The van der Waals surface area contributed by atoms with Gasteiger partial charge in [0.2, 0.25) is 0 Å². The number of nitrogens with one attached hydrogen (secondary N) is 1. The highest BCUT2D eigenvalue weighted by atomic mass is 16.5. The zero-order valence-electron chi connectivity index (χ0n) is 10.8. The first kappa shape index (κ1) is 15.5. The van der Waals surface area contributed by atoms with Gasteiger partial charge in [0.1, 0.15) is 6.04 Å². The minimum absolute atomic E-state index is 0.263. The quantitative estimate of drug-likeness (QED) is 0.524. The van der Waals surface area contributed by atoms with E-state index in [1.54, 1.807) is 13.8 Å². The Labute approximate surface area is 102 Å². The Morgan fingerprint density at radius 3 is 2.41 bits per heavy atom. The van der Waals surface area contributed by atoms with Crippen LogP contribution < -0.4 is 5.32 Å². The van der Waals surface area contributed by atoms with Gasteiger partial charge in [-0.3, -0.25) is 0 Å². The van der Waals surface area contributed by atoms with Gasteiger partial charge < -0.3 is 15.2 Å². The molecule has 5 heteroatoms. The van der Waals surface area contributed by atoms with Crippen molar-refractivity contribution in [2.24, 2.45) is 5.92 Å². The summed E-state index contributed by atoms with van der Waals surface area (Å²) in [5.74, 6) is -1.12. The third-order valence-corrected chi connectivity index (χ3v) is 2.03. The number of rotatable bonds is 7. The molecule has 0 saturated heterocycles. The van der Waals surface area contributed by atoms with E-state index < -0.39 is 18.0 Å². The van der Waals surface area contributed by atoms with Gasteiger partial charge in [-0.25, -0.2) is 9.59 Å². The van der Waals surface area contributed by atoms with Gasteiger partial charge in [0.25, 0.3) is 0 Å². The minimum Gasteiger partial charge on any atom is -0.480 e. The summed E-state index contributed by atoms with van der Waals surface area (Å²) in [5.41, 5.74) is 0.497. The van der Waals surface area contributed by atoms with Crippen LogP contribution in [-0.2, 0) is 14.3 Å². The van der Waals surface area contributed by atoms with Crippen LogP contribution in [0.15, 0.2) is 11.8 Å². The molecule has 0 aliphatic heterocycles. The van der Waals surface area contributed by atoms with Crippen LogP contribution in [0.1, 0.15) is 34.1 Å². The fourth-order valence-electron chi connectivity index (χ4n) is 1.37. The van der Waals surface area contributed by atoms with Crippen molar-refractivity contribution in [3.05, 3.63) is 11.8 Å². The van der Waals surface area contributed by atoms with Gasteiger partial charge in [-0.15, -0.1) is 0 Å². The first-order chi connectivity index (χ1) is 7.86. The van der Waals surface area contributed by atoms with Gasteiger partial charge in [0.15, 0.2) is 0 Å². The van der Waals surface area contributed by atoms with Crippen LogP contribution in [0.5, 0.6) is 0 Å². The maximum atomic E-state index is 11.1. The molecule has 1 atom stereocenters. The maximum absolute atomic E-state index is 11.1. The molecular weight excluding hydrogens is 222 g/mol. The van der Waals surface area contributed by atoms with E-state index in [9.17, 15) is 9.59 Å². The number of hydrogen-bond donors (Lipinski definition) is 2. The Morgan fingerprint density at radius 1 is 1.41 bits per heavy atom. The largest absolute Gasteiger partial charge is 0.480 e. The number of esters is 1. The molecule has 0 saturated carbocycles. The zero-order chi connectivity index (χ0) is 13.4. The van der Waals surface area contributed by atoms with Gasteiger partial charge in [-0.1, -0.05) is 13.8 Å². The van der Waals surface area contributed by atoms with Crippen LogP contribution in [0.3, 0.4) is 0 Å². The van der Waals surface area contributed by atoms with Crippen LogP contribution in [0, 0.1) is 5.92 Å². The van der Waals surface area contributed by atoms with Gasteiger partial charge in [0, 0.05) is 11.8 Å².